The summed E-state index contributed by atoms with van der Waals surface area (Å²) in [5, 5.41) is 9.75. The standard InChI is InChI=1S/C10H26N4.H4Si/c1-7-8(12-5)10(11,13-6)14-9(2,3)4;/h8,12-14H,7,11H2,1-6H3;1H4. The number of nitrogens with two attached hydrogens (primary N) is 1. The quantitative estimate of drug-likeness (QED) is 0.355. The van der Waals surface area contributed by atoms with Gasteiger partial charge >= 0.3 is 0 Å². The Hall–Kier alpha value is 0.0569. The van der Waals surface area contributed by atoms with Crippen LogP contribution < -0.4 is 21.7 Å². The molecule has 15 heavy (non-hydrogen) atoms. The summed E-state index contributed by atoms with van der Waals surface area (Å²) < 4.78 is 0. The molecule has 0 bridgehead atoms. The Morgan fingerprint density at radius 2 is 1.67 bits per heavy atom. The van der Waals surface area contributed by atoms with Crippen LogP contribution in [0.5, 0.6) is 0 Å². The van der Waals surface area contributed by atoms with Gasteiger partial charge < -0.3 is 5.32 Å². The van der Waals surface area contributed by atoms with Gasteiger partial charge in [-0.05, 0) is 52.3 Å². The fraction of sp³-hybridized carbons (Fsp3) is 1.00. The van der Waals surface area contributed by atoms with E-state index in [9.17, 15) is 0 Å². The third-order valence-electron chi connectivity index (χ3n) is 2.30. The van der Waals surface area contributed by atoms with E-state index in [2.05, 4.69) is 43.6 Å². The van der Waals surface area contributed by atoms with Gasteiger partial charge in [-0.15, -0.1) is 0 Å². The summed E-state index contributed by atoms with van der Waals surface area (Å²) in [6.45, 7) is 8.43. The molecule has 0 heterocycles. The van der Waals surface area contributed by atoms with E-state index in [4.69, 9.17) is 5.73 Å². The largest absolute Gasteiger partial charge is 0.313 e. The molecule has 0 fully saturated rings. The van der Waals surface area contributed by atoms with Crippen LogP contribution in [0.25, 0.3) is 0 Å². The molecule has 2 unspecified atom stereocenters. The smallest absolute Gasteiger partial charge is 0.136 e. The highest BCUT2D eigenvalue weighted by molar-refractivity contribution is 5.75. The molecule has 4 nitrogen and oxygen atoms in total. The summed E-state index contributed by atoms with van der Waals surface area (Å²) in [5.41, 5.74) is 6.25. The van der Waals surface area contributed by atoms with Crippen molar-refractivity contribution in [1.29, 1.82) is 0 Å². The van der Waals surface area contributed by atoms with Gasteiger partial charge in [0.15, 0.2) is 0 Å². The molecule has 0 radical (unpaired) electrons. The van der Waals surface area contributed by atoms with Crippen LogP contribution in [0.1, 0.15) is 34.1 Å². The topological polar surface area (TPSA) is 62.1 Å². The van der Waals surface area contributed by atoms with Crippen LogP contribution in [0.4, 0.5) is 0 Å². The maximum absolute atomic E-state index is 6.26. The van der Waals surface area contributed by atoms with Gasteiger partial charge in [-0.3, -0.25) is 16.4 Å². The minimum atomic E-state index is -0.568. The van der Waals surface area contributed by atoms with Crippen LogP contribution in [0.2, 0.25) is 0 Å². The van der Waals surface area contributed by atoms with E-state index in [0.717, 1.165) is 6.42 Å². The van der Waals surface area contributed by atoms with Gasteiger partial charge in [0.05, 0.1) is 6.04 Å². The molecule has 94 valence electrons. The lowest BCUT2D eigenvalue weighted by Crippen LogP contribution is -2.75. The average molecular weight is 234 g/mol. The zero-order valence-corrected chi connectivity index (χ0v) is 10.4. The first-order valence-corrected chi connectivity index (χ1v) is 5.23. The molecule has 0 rings (SSSR count). The molecule has 0 aromatic carbocycles. The van der Waals surface area contributed by atoms with Gasteiger partial charge in [-0.1, -0.05) is 6.92 Å². The van der Waals surface area contributed by atoms with E-state index in [1.54, 1.807) is 0 Å². The summed E-state index contributed by atoms with van der Waals surface area (Å²) in [6.07, 6.45) is 0.969. The summed E-state index contributed by atoms with van der Waals surface area (Å²) in [6, 6.07) is 0.201. The molecule has 5 N–H and O–H groups in total. The van der Waals surface area contributed by atoms with Crippen molar-refractivity contribution in [2.75, 3.05) is 14.1 Å². The van der Waals surface area contributed by atoms with Crippen LogP contribution in [0, 0.1) is 0 Å². The molecule has 0 aliphatic rings. The van der Waals surface area contributed by atoms with Crippen molar-refractivity contribution < 1.29 is 0 Å². The van der Waals surface area contributed by atoms with Gasteiger partial charge in [0.1, 0.15) is 5.79 Å². The van der Waals surface area contributed by atoms with Gasteiger partial charge in [0, 0.05) is 5.54 Å². The Balaban J connectivity index is 0. The van der Waals surface area contributed by atoms with Crippen molar-refractivity contribution in [3.8, 4) is 0 Å². The van der Waals surface area contributed by atoms with E-state index in [-0.39, 0.29) is 22.5 Å². The van der Waals surface area contributed by atoms with Crippen LogP contribution in [-0.4, -0.2) is 42.4 Å². The molecule has 0 saturated heterocycles. The maximum Gasteiger partial charge on any atom is 0.136 e. The minimum Gasteiger partial charge on any atom is -0.313 e. The second-order valence-corrected chi connectivity index (χ2v) is 4.74. The molecular formula is C10H30N4Si. The minimum absolute atomic E-state index is 0. The number of hydrogen-bond donors (Lipinski definition) is 4. The third kappa shape index (κ3) is 5.63. The number of likely N-dealkylation sites (N-methyl/N-ethyl adjacent to an activating group) is 2. The van der Waals surface area contributed by atoms with Crippen molar-refractivity contribution in [2.24, 2.45) is 5.73 Å². The first-order valence-electron chi connectivity index (χ1n) is 5.23. The molecule has 2 atom stereocenters. The van der Waals surface area contributed by atoms with E-state index >= 15 is 0 Å². The lowest BCUT2D eigenvalue weighted by molar-refractivity contribution is 0.155. The normalized spacial score (nSPS) is 17.8. The van der Waals surface area contributed by atoms with Gasteiger partial charge in [0.25, 0.3) is 0 Å². The first-order chi connectivity index (χ1) is 6.29. The Kier molecular flexibility index (Phi) is 7.68. The zero-order chi connectivity index (χ0) is 11.4. The molecule has 0 amide bonds. The van der Waals surface area contributed by atoms with Crippen molar-refractivity contribution in [3.63, 3.8) is 0 Å². The molecule has 0 aromatic heterocycles. The van der Waals surface area contributed by atoms with Crippen LogP contribution >= 0.6 is 0 Å². The Morgan fingerprint density at radius 3 is 1.87 bits per heavy atom. The predicted octanol–water partition coefficient (Wildman–Crippen LogP) is -1.25. The van der Waals surface area contributed by atoms with Gasteiger partial charge in [0.2, 0.25) is 0 Å². The highest BCUT2D eigenvalue weighted by Gasteiger charge is 2.34. The van der Waals surface area contributed by atoms with E-state index < -0.39 is 5.79 Å². The lowest BCUT2D eigenvalue weighted by atomic mass is 10.0. The summed E-state index contributed by atoms with van der Waals surface area (Å²) in [4.78, 5) is 0. The molecule has 0 aromatic rings. The molecule has 0 spiro atoms. The highest BCUT2D eigenvalue weighted by atomic mass is 28.1. The lowest BCUT2D eigenvalue weighted by Gasteiger charge is -2.42. The molecular weight excluding hydrogens is 204 g/mol. The Bertz CT molecular complexity index is 165. The Morgan fingerprint density at radius 1 is 1.20 bits per heavy atom. The van der Waals surface area contributed by atoms with Gasteiger partial charge in [-0.25, -0.2) is 0 Å². The summed E-state index contributed by atoms with van der Waals surface area (Å²) in [5.74, 6) is -0.568. The van der Waals surface area contributed by atoms with Crippen molar-refractivity contribution in [3.05, 3.63) is 0 Å². The third-order valence-corrected chi connectivity index (χ3v) is 2.30. The number of hydrogen-bond acceptors (Lipinski definition) is 4. The molecule has 5 heteroatoms. The summed E-state index contributed by atoms with van der Waals surface area (Å²) >= 11 is 0. The SMILES string of the molecule is CCC(NC)C(N)(NC)NC(C)(C)C.[SiH4]. The molecule has 0 aliphatic heterocycles. The average Bonchev–Trinajstić information content (AvgIpc) is 2.03. The molecule has 0 saturated carbocycles. The van der Waals surface area contributed by atoms with Crippen LogP contribution in [-0.2, 0) is 0 Å². The van der Waals surface area contributed by atoms with E-state index in [1.165, 1.54) is 0 Å². The van der Waals surface area contributed by atoms with E-state index in [1.807, 2.05) is 14.1 Å². The monoisotopic (exact) mass is 234 g/mol. The van der Waals surface area contributed by atoms with E-state index in [0.29, 0.717) is 0 Å². The van der Waals surface area contributed by atoms with Crippen LogP contribution in [0.3, 0.4) is 0 Å². The summed E-state index contributed by atoms with van der Waals surface area (Å²) in [7, 11) is 3.80. The number of rotatable bonds is 5. The van der Waals surface area contributed by atoms with Crippen molar-refractivity contribution >= 4 is 11.0 Å². The fourth-order valence-corrected chi connectivity index (χ4v) is 1.70. The Labute approximate surface area is 98.8 Å². The van der Waals surface area contributed by atoms with Crippen molar-refractivity contribution in [2.45, 2.75) is 51.5 Å². The van der Waals surface area contributed by atoms with Crippen molar-refractivity contribution in [1.82, 2.24) is 16.0 Å². The van der Waals surface area contributed by atoms with Crippen LogP contribution in [0.15, 0.2) is 0 Å². The second-order valence-electron chi connectivity index (χ2n) is 4.74. The number of nitrogens with one attached hydrogen (secondary N) is 3. The molecule has 0 aliphatic carbocycles. The highest BCUT2D eigenvalue weighted by Crippen LogP contribution is 2.09. The predicted molar refractivity (Wildman–Crippen MR) is 73.3 cm³/mol. The maximum atomic E-state index is 6.26. The fourth-order valence-electron chi connectivity index (χ4n) is 1.70. The van der Waals surface area contributed by atoms with Gasteiger partial charge in [-0.2, -0.15) is 0 Å². The first kappa shape index (κ1) is 17.5. The zero-order valence-electron chi connectivity index (χ0n) is 10.4. The second kappa shape index (κ2) is 6.60.